The normalized spacial score (nSPS) is 50.8. The molecule has 0 spiro atoms. The van der Waals surface area contributed by atoms with Gasteiger partial charge in [0.15, 0.2) is 0 Å². The van der Waals surface area contributed by atoms with Crippen molar-refractivity contribution in [3.05, 3.63) is 0 Å². The van der Waals surface area contributed by atoms with Gasteiger partial charge in [-0.05, 0) is 6.92 Å². The molecule has 2 heterocycles. The first-order valence-electron chi connectivity index (χ1n) is 4.09. The van der Waals surface area contributed by atoms with E-state index in [-0.39, 0.29) is 12.0 Å². The van der Waals surface area contributed by atoms with E-state index in [0.29, 0.717) is 19.8 Å². The van der Waals surface area contributed by atoms with E-state index in [9.17, 15) is 0 Å². The van der Waals surface area contributed by atoms with Crippen molar-refractivity contribution in [1.29, 1.82) is 0 Å². The third kappa shape index (κ3) is 1.16. The molecule has 5 heteroatoms. The van der Waals surface area contributed by atoms with Gasteiger partial charge >= 0.3 is 0 Å². The second-order valence-electron chi connectivity index (χ2n) is 3.29. The fourth-order valence-electron chi connectivity index (χ4n) is 1.47. The lowest BCUT2D eigenvalue weighted by molar-refractivity contribution is 0.0392. The first-order valence-corrected chi connectivity index (χ1v) is 5.67. The number of hydrogen-bond acceptors (Lipinski definition) is 4. The highest BCUT2D eigenvalue weighted by Crippen LogP contribution is 2.66. The Morgan fingerprint density at radius 2 is 2.17 bits per heavy atom. The molecule has 12 heavy (non-hydrogen) atoms. The van der Waals surface area contributed by atoms with E-state index in [0.717, 1.165) is 5.75 Å². The van der Waals surface area contributed by atoms with Gasteiger partial charge in [0, 0.05) is 0 Å². The summed E-state index contributed by atoms with van der Waals surface area (Å²) in [5, 5.41) is 9.12. The van der Waals surface area contributed by atoms with Gasteiger partial charge in [0.05, 0.1) is 48.5 Å². The zero-order chi connectivity index (χ0) is 8.66. The maximum atomic E-state index is 9.12. The van der Waals surface area contributed by atoms with E-state index in [1.165, 1.54) is 0 Å². The van der Waals surface area contributed by atoms with Crippen molar-refractivity contribution in [2.45, 2.75) is 6.92 Å². The number of hydrogen-bond donors (Lipinski definition) is 1. The van der Waals surface area contributed by atoms with Crippen LogP contribution in [0.15, 0.2) is 0 Å². The summed E-state index contributed by atoms with van der Waals surface area (Å²) >= 11 is 0. The molecule has 2 aliphatic heterocycles. The molecular weight excluding hydrogens is 180 g/mol. The third-order valence-electron chi connectivity index (χ3n) is 2.21. The first kappa shape index (κ1) is 8.77. The quantitative estimate of drug-likeness (QED) is 0.715. The third-order valence-corrected chi connectivity index (χ3v) is 4.72. The van der Waals surface area contributed by atoms with Crippen LogP contribution in [0, 0.1) is 5.41 Å². The number of aliphatic hydroxyl groups excluding tert-OH is 1. The fourth-order valence-corrected chi connectivity index (χ4v) is 4.15. The molecule has 0 aliphatic carbocycles. The van der Waals surface area contributed by atoms with E-state index < -0.39 is 10.9 Å². The summed E-state index contributed by atoms with van der Waals surface area (Å²) < 4.78 is 16.3. The van der Waals surface area contributed by atoms with Crippen LogP contribution in [0.5, 0.6) is 0 Å². The van der Waals surface area contributed by atoms with E-state index in [4.69, 9.17) is 17.7 Å². The molecule has 0 aromatic heterocycles. The van der Waals surface area contributed by atoms with Gasteiger partial charge in [-0.25, -0.2) is 0 Å². The van der Waals surface area contributed by atoms with Crippen molar-refractivity contribution in [3.63, 3.8) is 0 Å². The lowest BCUT2D eigenvalue weighted by Gasteiger charge is -2.30. The SMILES string of the molecule is CCOS12CC(CO)(CO1)CO2. The van der Waals surface area contributed by atoms with E-state index in [1.54, 1.807) is 0 Å². The Hall–Kier alpha value is 0.190. The molecule has 2 bridgehead atoms. The van der Waals surface area contributed by atoms with Crippen molar-refractivity contribution in [1.82, 2.24) is 0 Å². The Balaban J connectivity index is 2.07. The Morgan fingerprint density at radius 3 is 2.58 bits per heavy atom. The van der Waals surface area contributed by atoms with E-state index in [2.05, 4.69) is 0 Å². The molecule has 0 amide bonds. The summed E-state index contributed by atoms with van der Waals surface area (Å²) in [5.41, 5.74) is -0.162. The summed E-state index contributed by atoms with van der Waals surface area (Å²) in [4.78, 5) is 0. The second kappa shape index (κ2) is 2.85. The molecule has 0 radical (unpaired) electrons. The molecule has 2 saturated heterocycles. The predicted octanol–water partition coefficient (Wildman–Crippen LogP) is 0.612. The topological polar surface area (TPSA) is 47.9 Å². The largest absolute Gasteiger partial charge is 0.396 e. The molecule has 4 nitrogen and oxygen atoms in total. The van der Waals surface area contributed by atoms with Gasteiger partial charge in [0.2, 0.25) is 0 Å². The van der Waals surface area contributed by atoms with E-state index >= 15 is 0 Å². The number of rotatable bonds is 3. The van der Waals surface area contributed by atoms with Crippen LogP contribution >= 0.6 is 10.9 Å². The molecule has 2 fully saturated rings. The van der Waals surface area contributed by atoms with Gasteiger partial charge in [0.25, 0.3) is 0 Å². The molecule has 2 aliphatic rings. The lowest BCUT2D eigenvalue weighted by Crippen LogP contribution is -2.31. The zero-order valence-corrected chi connectivity index (χ0v) is 7.93. The molecule has 2 rings (SSSR count). The van der Waals surface area contributed by atoms with E-state index in [1.807, 2.05) is 6.92 Å². The second-order valence-corrected chi connectivity index (χ2v) is 5.40. The molecule has 0 saturated carbocycles. The summed E-state index contributed by atoms with van der Waals surface area (Å²) in [6, 6.07) is 0. The van der Waals surface area contributed by atoms with Crippen LogP contribution in [-0.4, -0.2) is 37.3 Å². The zero-order valence-electron chi connectivity index (χ0n) is 7.12. The van der Waals surface area contributed by atoms with Gasteiger partial charge in [-0.3, -0.25) is 12.5 Å². The molecule has 0 aromatic carbocycles. The minimum absolute atomic E-state index is 0.134. The molecule has 1 N–H and O–H groups in total. The smallest absolute Gasteiger partial charge is 0.0896 e. The van der Waals surface area contributed by atoms with Crippen LogP contribution < -0.4 is 0 Å². The average Bonchev–Trinajstić information content (AvgIpc) is 2.61. The van der Waals surface area contributed by atoms with Crippen LogP contribution in [0.2, 0.25) is 0 Å². The Morgan fingerprint density at radius 1 is 1.50 bits per heavy atom. The Labute approximate surface area is 73.7 Å². The predicted molar refractivity (Wildman–Crippen MR) is 45.5 cm³/mol. The van der Waals surface area contributed by atoms with Crippen LogP contribution in [0.4, 0.5) is 0 Å². The minimum Gasteiger partial charge on any atom is -0.396 e. The van der Waals surface area contributed by atoms with Crippen LogP contribution in [-0.2, 0) is 12.5 Å². The summed E-state index contributed by atoms with van der Waals surface area (Å²) in [7, 11) is -1.71. The number of fused-ring (bicyclic) bond motifs is 2. The maximum Gasteiger partial charge on any atom is 0.0896 e. The van der Waals surface area contributed by atoms with Crippen LogP contribution in [0.3, 0.4) is 0 Å². The Bertz CT molecular complexity index is 176. The van der Waals surface area contributed by atoms with Gasteiger partial charge in [0.1, 0.15) is 0 Å². The lowest BCUT2D eigenvalue weighted by atomic mass is 9.95. The highest BCUT2D eigenvalue weighted by Gasteiger charge is 2.55. The maximum absolute atomic E-state index is 9.12. The molecule has 72 valence electrons. The van der Waals surface area contributed by atoms with Crippen LogP contribution in [0.25, 0.3) is 0 Å². The fraction of sp³-hybridized carbons (Fsp3) is 1.00. The monoisotopic (exact) mass is 194 g/mol. The van der Waals surface area contributed by atoms with Crippen molar-refractivity contribution in [3.8, 4) is 0 Å². The van der Waals surface area contributed by atoms with Crippen LogP contribution in [0.1, 0.15) is 6.92 Å². The summed E-state index contributed by atoms with van der Waals surface area (Å²) in [5.74, 6) is 0.740. The van der Waals surface area contributed by atoms with Gasteiger partial charge < -0.3 is 5.11 Å². The van der Waals surface area contributed by atoms with Gasteiger partial charge in [-0.2, -0.15) is 0 Å². The number of aliphatic hydroxyl groups is 1. The van der Waals surface area contributed by atoms with Gasteiger partial charge in [-0.15, -0.1) is 0 Å². The van der Waals surface area contributed by atoms with Crippen molar-refractivity contribution in [2.75, 3.05) is 32.2 Å². The molecule has 0 atom stereocenters. The highest BCUT2D eigenvalue weighted by molar-refractivity contribution is 8.22. The summed E-state index contributed by atoms with van der Waals surface area (Å²) in [6.07, 6.45) is 0. The standard InChI is InChI=1S/C7H14O4S/c1-2-9-12-6-7(3-8,4-10-12)5-11-12/h8H,2-6H2,1H3. The van der Waals surface area contributed by atoms with Crippen molar-refractivity contribution < 1.29 is 17.7 Å². The van der Waals surface area contributed by atoms with Gasteiger partial charge in [-0.1, -0.05) is 0 Å². The molecule has 0 aromatic rings. The minimum atomic E-state index is -1.71. The Kier molecular flexibility index (Phi) is 2.08. The first-order chi connectivity index (χ1) is 5.74. The van der Waals surface area contributed by atoms with Crippen molar-refractivity contribution in [2.24, 2.45) is 5.41 Å². The van der Waals surface area contributed by atoms with Crippen molar-refractivity contribution >= 4 is 10.9 Å². The molecular formula is C7H14O4S. The average molecular weight is 194 g/mol. The molecule has 0 unspecified atom stereocenters. The summed E-state index contributed by atoms with van der Waals surface area (Å²) in [6.45, 7) is 3.83. The highest BCUT2D eigenvalue weighted by atomic mass is 32.3.